The summed E-state index contributed by atoms with van der Waals surface area (Å²) in [6.07, 6.45) is -0.779. The number of hydrogen-bond donors (Lipinski definition) is 2. The summed E-state index contributed by atoms with van der Waals surface area (Å²) in [5, 5.41) is 12.4. The number of aliphatic hydroxyl groups excluding tert-OH is 1. The largest absolute Gasteiger partial charge is 0.389 e. The predicted molar refractivity (Wildman–Crippen MR) is 84.1 cm³/mol. The second kappa shape index (κ2) is 8.25. The van der Waals surface area contributed by atoms with Crippen LogP contribution in [0.4, 0.5) is 4.39 Å². The monoisotopic (exact) mass is 311 g/mol. The van der Waals surface area contributed by atoms with Crippen LogP contribution < -0.4 is 5.32 Å². The van der Waals surface area contributed by atoms with Gasteiger partial charge in [0.2, 0.25) is 5.91 Å². The molecule has 0 saturated heterocycles. The third-order valence-electron chi connectivity index (χ3n) is 3.37. The molecule has 2 N–H and O–H groups in total. The van der Waals surface area contributed by atoms with Crippen LogP contribution in [-0.4, -0.2) is 36.9 Å². The summed E-state index contributed by atoms with van der Waals surface area (Å²) >= 11 is 0. The minimum atomic E-state index is -1.01. The normalized spacial score (nSPS) is 13.2. The highest BCUT2D eigenvalue weighted by Gasteiger charge is 2.32. The zero-order valence-electron chi connectivity index (χ0n) is 13.7. The van der Waals surface area contributed by atoms with Crippen molar-refractivity contribution in [2.75, 3.05) is 19.8 Å². The molecule has 0 aliphatic heterocycles. The molecule has 0 aliphatic rings. The van der Waals surface area contributed by atoms with Crippen LogP contribution in [0.5, 0.6) is 0 Å². The quantitative estimate of drug-likeness (QED) is 0.774. The number of rotatable bonds is 8. The summed E-state index contributed by atoms with van der Waals surface area (Å²) < 4.78 is 19.2. The van der Waals surface area contributed by atoms with E-state index in [1.807, 2.05) is 13.8 Å². The van der Waals surface area contributed by atoms with Crippen LogP contribution in [0.2, 0.25) is 0 Å². The molecule has 1 aromatic carbocycles. The first kappa shape index (κ1) is 18.6. The molecule has 0 aliphatic carbocycles. The first-order chi connectivity index (χ1) is 10.2. The molecule has 1 aromatic rings. The van der Waals surface area contributed by atoms with E-state index in [1.54, 1.807) is 32.0 Å². The highest BCUT2D eigenvalue weighted by atomic mass is 19.1. The molecule has 1 atom stereocenters. The van der Waals surface area contributed by atoms with Crippen molar-refractivity contribution >= 4 is 5.91 Å². The number of benzene rings is 1. The van der Waals surface area contributed by atoms with Crippen molar-refractivity contribution in [3.63, 3.8) is 0 Å². The van der Waals surface area contributed by atoms with Crippen LogP contribution in [0.25, 0.3) is 0 Å². The van der Waals surface area contributed by atoms with Gasteiger partial charge in [-0.05, 0) is 25.8 Å². The summed E-state index contributed by atoms with van der Waals surface area (Å²) in [6.45, 7) is 8.15. The van der Waals surface area contributed by atoms with Crippen LogP contribution >= 0.6 is 0 Å². The van der Waals surface area contributed by atoms with E-state index in [4.69, 9.17) is 4.74 Å². The van der Waals surface area contributed by atoms with Gasteiger partial charge in [0.1, 0.15) is 5.82 Å². The second-order valence-corrected chi connectivity index (χ2v) is 6.40. The van der Waals surface area contributed by atoms with Crippen molar-refractivity contribution in [2.24, 2.45) is 5.92 Å². The number of ether oxygens (including phenoxy) is 1. The Morgan fingerprint density at radius 1 is 1.32 bits per heavy atom. The molecule has 22 heavy (non-hydrogen) atoms. The number of amides is 1. The molecule has 1 amide bonds. The van der Waals surface area contributed by atoms with Crippen LogP contribution in [0, 0.1) is 11.7 Å². The highest BCUT2D eigenvalue weighted by Crippen LogP contribution is 2.25. The van der Waals surface area contributed by atoms with Gasteiger partial charge in [0.15, 0.2) is 0 Å². The van der Waals surface area contributed by atoms with Gasteiger partial charge >= 0.3 is 0 Å². The summed E-state index contributed by atoms with van der Waals surface area (Å²) in [7, 11) is 0. The van der Waals surface area contributed by atoms with Gasteiger partial charge < -0.3 is 15.2 Å². The predicted octanol–water partition coefficient (Wildman–Crippen LogP) is 2.25. The first-order valence-electron chi connectivity index (χ1n) is 7.54. The van der Waals surface area contributed by atoms with E-state index in [0.717, 1.165) is 0 Å². The maximum atomic E-state index is 13.8. The molecule has 0 fully saturated rings. The van der Waals surface area contributed by atoms with Gasteiger partial charge in [-0.15, -0.1) is 0 Å². The van der Waals surface area contributed by atoms with Crippen molar-refractivity contribution < 1.29 is 19.0 Å². The Kier molecular flexibility index (Phi) is 6.97. The minimum Gasteiger partial charge on any atom is -0.389 e. The van der Waals surface area contributed by atoms with E-state index in [-0.39, 0.29) is 19.1 Å². The maximum Gasteiger partial charge on any atom is 0.230 e. The second-order valence-electron chi connectivity index (χ2n) is 6.40. The lowest BCUT2D eigenvalue weighted by Gasteiger charge is -2.25. The SMILES string of the molecule is CC(C)COCC(O)CNC(=O)C(C)(C)c1ccccc1F. The van der Waals surface area contributed by atoms with Crippen molar-refractivity contribution in [3.05, 3.63) is 35.6 Å². The Balaban J connectivity index is 2.52. The average Bonchev–Trinajstić information content (AvgIpc) is 2.44. The third-order valence-corrected chi connectivity index (χ3v) is 3.37. The number of halogens is 1. The molecule has 5 heteroatoms. The Bertz CT molecular complexity index is 489. The summed E-state index contributed by atoms with van der Waals surface area (Å²) in [5.74, 6) is -0.356. The molecule has 1 unspecified atom stereocenters. The average molecular weight is 311 g/mol. The zero-order chi connectivity index (χ0) is 16.8. The van der Waals surface area contributed by atoms with E-state index in [2.05, 4.69) is 5.32 Å². The molecule has 0 bridgehead atoms. The molecule has 0 aromatic heterocycles. The Hall–Kier alpha value is -1.46. The minimum absolute atomic E-state index is 0.0782. The van der Waals surface area contributed by atoms with Gasteiger partial charge in [-0.3, -0.25) is 4.79 Å². The third kappa shape index (κ3) is 5.39. The number of hydrogen-bond acceptors (Lipinski definition) is 3. The summed E-state index contributed by atoms with van der Waals surface area (Å²) in [5.41, 5.74) is -0.679. The molecule has 4 nitrogen and oxygen atoms in total. The molecule has 1 rings (SSSR count). The number of carbonyl (C=O) groups is 1. The first-order valence-corrected chi connectivity index (χ1v) is 7.54. The lowest BCUT2D eigenvalue weighted by molar-refractivity contribution is -0.126. The Labute approximate surface area is 131 Å². The van der Waals surface area contributed by atoms with Gasteiger partial charge in [0, 0.05) is 18.7 Å². The smallest absolute Gasteiger partial charge is 0.230 e. The summed E-state index contributed by atoms with van der Waals surface area (Å²) in [4.78, 5) is 12.3. The van der Waals surface area contributed by atoms with E-state index in [9.17, 15) is 14.3 Å². The van der Waals surface area contributed by atoms with E-state index >= 15 is 0 Å². The standard InChI is InChI=1S/C17H26FNO3/c1-12(2)10-22-11-13(20)9-19-16(21)17(3,4)14-7-5-6-8-15(14)18/h5-8,12-13,20H,9-11H2,1-4H3,(H,19,21). The molecular weight excluding hydrogens is 285 g/mol. The van der Waals surface area contributed by atoms with Crippen LogP contribution in [-0.2, 0) is 14.9 Å². The van der Waals surface area contributed by atoms with E-state index in [0.29, 0.717) is 18.1 Å². The number of carbonyl (C=O) groups excluding carboxylic acids is 1. The summed E-state index contributed by atoms with van der Waals surface area (Å²) in [6, 6.07) is 6.21. The van der Waals surface area contributed by atoms with Gasteiger partial charge in [0.25, 0.3) is 0 Å². The Morgan fingerprint density at radius 2 is 1.95 bits per heavy atom. The highest BCUT2D eigenvalue weighted by molar-refractivity contribution is 5.87. The fourth-order valence-electron chi connectivity index (χ4n) is 2.02. The number of nitrogens with one attached hydrogen (secondary N) is 1. The molecule has 0 heterocycles. The molecule has 0 spiro atoms. The van der Waals surface area contributed by atoms with Crippen molar-refractivity contribution in [1.82, 2.24) is 5.32 Å². The van der Waals surface area contributed by atoms with Crippen LogP contribution in [0.15, 0.2) is 24.3 Å². The number of aliphatic hydroxyl groups is 1. The van der Waals surface area contributed by atoms with Crippen LogP contribution in [0.3, 0.4) is 0 Å². The van der Waals surface area contributed by atoms with E-state index in [1.165, 1.54) is 6.07 Å². The molecule has 0 saturated carbocycles. The van der Waals surface area contributed by atoms with Gasteiger partial charge in [0.05, 0.1) is 18.1 Å². The molecular formula is C17H26FNO3. The topological polar surface area (TPSA) is 58.6 Å². The Morgan fingerprint density at radius 3 is 2.55 bits per heavy atom. The van der Waals surface area contributed by atoms with E-state index < -0.39 is 17.3 Å². The van der Waals surface area contributed by atoms with Gasteiger partial charge in [-0.25, -0.2) is 4.39 Å². The van der Waals surface area contributed by atoms with Crippen molar-refractivity contribution in [2.45, 2.75) is 39.2 Å². The lowest BCUT2D eigenvalue weighted by atomic mass is 9.83. The van der Waals surface area contributed by atoms with Crippen molar-refractivity contribution in [1.29, 1.82) is 0 Å². The van der Waals surface area contributed by atoms with Crippen molar-refractivity contribution in [3.8, 4) is 0 Å². The lowest BCUT2D eigenvalue weighted by Crippen LogP contribution is -2.44. The molecule has 0 radical (unpaired) electrons. The zero-order valence-corrected chi connectivity index (χ0v) is 13.7. The van der Waals surface area contributed by atoms with Crippen LogP contribution in [0.1, 0.15) is 33.3 Å². The fraction of sp³-hybridized carbons (Fsp3) is 0.588. The maximum absolute atomic E-state index is 13.8. The van der Waals surface area contributed by atoms with Gasteiger partial charge in [-0.1, -0.05) is 32.0 Å². The molecule has 124 valence electrons. The van der Waals surface area contributed by atoms with Gasteiger partial charge in [-0.2, -0.15) is 0 Å². The fourth-order valence-corrected chi connectivity index (χ4v) is 2.02.